The average Bonchev–Trinajstić information content (AvgIpc) is 2.18. The van der Waals surface area contributed by atoms with E-state index in [1.54, 1.807) is 0 Å². The lowest BCUT2D eigenvalue weighted by atomic mass is 9.80. The zero-order valence-electron chi connectivity index (χ0n) is 12.6. The normalized spacial score (nSPS) is 17.2. The van der Waals surface area contributed by atoms with Gasteiger partial charge in [-0.1, -0.05) is 13.2 Å². The van der Waals surface area contributed by atoms with Crippen molar-refractivity contribution in [3.05, 3.63) is 35.5 Å². The maximum Gasteiger partial charge on any atom is 0.184 e. The van der Waals surface area contributed by atoms with Gasteiger partial charge in [0.05, 0.1) is 13.2 Å². The van der Waals surface area contributed by atoms with Crippen molar-refractivity contribution in [2.75, 3.05) is 13.2 Å². The number of hydrogen-bond donors (Lipinski definition) is 0. The highest BCUT2D eigenvalue weighted by Crippen LogP contribution is 2.38. The molecule has 102 valence electrons. The minimum absolute atomic E-state index is 0.665. The van der Waals surface area contributed by atoms with Crippen LogP contribution in [0.4, 0.5) is 0 Å². The summed E-state index contributed by atoms with van der Waals surface area (Å²) in [5.41, 5.74) is 4.51. The van der Waals surface area contributed by atoms with Gasteiger partial charge in [0.15, 0.2) is 16.6 Å². The van der Waals surface area contributed by atoms with Crippen molar-refractivity contribution in [3.63, 3.8) is 0 Å². The van der Waals surface area contributed by atoms with E-state index >= 15 is 0 Å². The van der Waals surface area contributed by atoms with Crippen molar-refractivity contribution in [2.45, 2.75) is 39.3 Å². The van der Waals surface area contributed by atoms with Crippen LogP contribution < -0.4 is 0 Å². The molecule has 0 saturated heterocycles. The Kier molecular flexibility index (Phi) is 4.59. The fourth-order valence-corrected chi connectivity index (χ4v) is 2.75. The second-order valence-corrected chi connectivity index (χ2v) is 15.7. The van der Waals surface area contributed by atoms with Gasteiger partial charge in [0.1, 0.15) is 0 Å². The van der Waals surface area contributed by atoms with E-state index in [2.05, 4.69) is 52.4 Å². The molecule has 0 saturated carbocycles. The lowest BCUT2D eigenvalue weighted by Gasteiger charge is -2.33. The summed E-state index contributed by atoms with van der Waals surface area (Å²) in [6.07, 6.45) is 0. The molecule has 0 amide bonds. The molecule has 0 unspecified atom stereocenters. The maximum absolute atomic E-state index is 5.95. The lowest BCUT2D eigenvalue weighted by molar-refractivity contribution is 0.326. The van der Waals surface area contributed by atoms with Gasteiger partial charge < -0.3 is 8.85 Å². The topological polar surface area (TPSA) is 18.5 Å². The Balaban J connectivity index is 2.69. The molecular formula is C14H26O2Si2. The molecule has 4 heteroatoms. The second kappa shape index (κ2) is 5.29. The van der Waals surface area contributed by atoms with E-state index in [1.807, 2.05) is 0 Å². The van der Waals surface area contributed by atoms with Crippen molar-refractivity contribution >= 4 is 16.6 Å². The first-order valence-corrected chi connectivity index (χ1v) is 13.2. The third kappa shape index (κ3) is 4.35. The molecule has 18 heavy (non-hydrogen) atoms. The monoisotopic (exact) mass is 282 g/mol. The molecule has 0 aromatic heterocycles. The summed E-state index contributed by atoms with van der Waals surface area (Å²) in [5.74, 6) is 0. The van der Waals surface area contributed by atoms with Crippen molar-refractivity contribution < 1.29 is 8.85 Å². The van der Waals surface area contributed by atoms with Crippen molar-refractivity contribution in [1.82, 2.24) is 0 Å². The molecule has 0 spiro atoms. The first-order chi connectivity index (χ1) is 8.01. The van der Waals surface area contributed by atoms with E-state index in [4.69, 9.17) is 8.85 Å². The summed E-state index contributed by atoms with van der Waals surface area (Å²) in [6.45, 7) is 22.6. The van der Waals surface area contributed by atoms with E-state index in [0.29, 0.717) is 13.2 Å². The molecule has 0 bridgehead atoms. The zero-order chi connectivity index (χ0) is 14.1. The molecule has 0 heterocycles. The molecule has 0 aliphatic heterocycles. The summed E-state index contributed by atoms with van der Waals surface area (Å²) in [4.78, 5) is 0. The number of rotatable bonds is 6. The van der Waals surface area contributed by atoms with Crippen molar-refractivity contribution in [3.8, 4) is 0 Å². The molecular weight excluding hydrogens is 256 g/mol. The highest BCUT2D eigenvalue weighted by atomic mass is 28.4. The van der Waals surface area contributed by atoms with Crippen LogP contribution in [0.2, 0.25) is 39.3 Å². The van der Waals surface area contributed by atoms with Gasteiger partial charge >= 0.3 is 0 Å². The van der Waals surface area contributed by atoms with Gasteiger partial charge in [0, 0.05) is 0 Å². The summed E-state index contributed by atoms with van der Waals surface area (Å²) < 4.78 is 11.9. The van der Waals surface area contributed by atoms with E-state index in [-0.39, 0.29) is 0 Å². The van der Waals surface area contributed by atoms with Gasteiger partial charge in [0.2, 0.25) is 0 Å². The Labute approximate surface area is 114 Å². The van der Waals surface area contributed by atoms with Gasteiger partial charge in [0.25, 0.3) is 0 Å². The van der Waals surface area contributed by atoms with Crippen LogP contribution in [0.5, 0.6) is 0 Å². The molecule has 0 aromatic carbocycles. The number of hydrogen-bond acceptors (Lipinski definition) is 2. The Morgan fingerprint density at radius 2 is 1.00 bits per heavy atom. The molecule has 0 radical (unpaired) electrons. The summed E-state index contributed by atoms with van der Waals surface area (Å²) in [5, 5.41) is 0. The Bertz CT molecular complexity index is 357. The smallest absolute Gasteiger partial charge is 0.184 e. The molecule has 0 atom stereocenters. The zero-order valence-corrected chi connectivity index (χ0v) is 14.6. The van der Waals surface area contributed by atoms with Crippen LogP contribution in [0, 0.1) is 0 Å². The lowest BCUT2D eigenvalue weighted by Crippen LogP contribution is -2.32. The van der Waals surface area contributed by atoms with E-state index in [9.17, 15) is 0 Å². The first-order valence-electron chi connectivity index (χ1n) is 6.40. The molecule has 1 aliphatic rings. The van der Waals surface area contributed by atoms with Gasteiger partial charge in [-0.2, -0.15) is 0 Å². The Morgan fingerprint density at radius 1 is 0.722 bits per heavy atom. The standard InChI is InChI=1S/C14H26O2Si2/c1-11-12(2)14(10-16-18(6,7)8)13(11)9-15-17(3,4)5/h1-2,9-10H2,3-8H3. The van der Waals surface area contributed by atoms with Crippen LogP contribution in [0.3, 0.4) is 0 Å². The molecule has 1 aliphatic carbocycles. The predicted molar refractivity (Wildman–Crippen MR) is 83.9 cm³/mol. The fourth-order valence-electron chi connectivity index (χ4n) is 1.59. The minimum atomic E-state index is -1.48. The third-order valence-corrected chi connectivity index (χ3v) is 4.78. The highest BCUT2D eigenvalue weighted by molar-refractivity contribution is 6.70. The van der Waals surface area contributed by atoms with E-state index < -0.39 is 16.6 Å². The van der Waals surface area contributed by atoms with Crippen LogP contribution in [0.1, 0.15) is 0 Å². The molecule has 0 fully saturated rings. The third-order valence-electron chi connectivity index (χ3n) is 2.76. The summed E-state index contributed by atoms with van der Waals surface area (Å²) in [7, 11) is -2.96. The Morgan fingerprint density at radius 3 is 1.22 bits per heavy atom. The molecule has 0 aromatic rings. The summed E-state index contributed by atoms with van der Waals surface area (Å²) >= 11 is 0. The van der Waals surface area contributed by atoms with E-state index in [1.165, 1.54) is 11.1 Å². The predicted octanol–water partition coefficient (Wildman–Crippen LogP) is 4.11. The largest absolute Gasteiger partial charge is 0.413 e. The first kappa shape index (κ1) is 15.6. The SMILES string of the molecule is C=C1C(=C)C(CO[Si](C)(C)C)=C1CO[Si](C)(C)C. The minimum Gasteiger partial charge on any atom is -0.413 e. The van der Waals surface area contributed by atoms with Crippen LogP contribution in [-0.2, 0) is 8.85 Å². The molecule has 1 rings (SSSR count). The van der Waals surface area contributed by atoms with Gasteiger partial charge in [-0.05, 0) is 61.6 Å². The Hall–Kier alpha value is -0.426. The van der Waals surface area contributed by atoms with Crippen molar-refractivity contribution in [1.29, 1.82) is 0 Å². The second-order valence-electron chi connectivity index (χ2n) is 6.72. The molecule has 2 nitrogen and oxygen atoms in total. The van der Waals surface area contributed by atoms with Gasteiger partial charge in [-0.15, -0.1) is 0 Å². The van der Waals surface area contributed by atoms with Crippen LogP contribution in [-0.4, -0.2) is 29.8 Å². The fraction of sp³-hybridized carbons (Fsp3) is 0.571. The maximum atomic E-state index is 5.95. The average molecular weight is 283 g/mol. The molecule has 0 N–H and O–H groups in total. The summed E-state index contributed by atoms with van der Waals surface area (Å²) in [6, 6.07) is 0. The van der Waals surface area contributed by atoms with Gasteiger partial charge in [-0.3, -0.25) is 0 Å². The van der Waals surface area contributed by atoms with Crippen LogP contribution in [0.25, 0.3) is 0 Å². The van der Waals surface area contributed by atoms with Crippen LogP contribution in [0.15, 0.2) is 35.5 Å². The quantitative estimate of drug-likeness (QED) is 0.683. The highest BCUT2D eigenvalue weighted by Gasteiger charge is 2.29. The van der Waals surface area contributed by atoms with Crippen LogP contribution >= 0.6 is 0 Å². The van der Waals surface area contributed by atoms with Crippen molar-refractivity contribution in [2.24, 2.45) is 0 Å². The van der Waals surface area contributed by atoms with E-state index in [0.717, 1.165) is 11.1 Å². The van der Waals surface area contributed by atoms with Gasteiger partial charge in [-0.25, -0.2) is 0 Å².